The van der Waals surface area contributed by atoms with Crippen molar-refractivity contribution >= 4 is 16.7 Å². The molecule has 0 spiro atoms. The molecule has 0 aliphatic rings. The molecule has 0 radical (unpaired) electrons. The van der Waals surface area contributed by atoms with Crippen molar-refractivity contribution in [1.82, 2.24) is 0 Å². The molecule has 2 aromatic rings. The van der Waals surface area contributed by atoms with Crippen LogP contribution in [0.25, 0.3) is 10.8 Å². The summed E-state index contributed by atoms with van der Waals surface area (Å²) in [4.78, 5) is 11.3. The second-order valence-electron chi connectivity index (χ2n) is 4.19. The van der Waals surface area contributed by atoms with Crippen LogP contribution in [0.5, 0.6) is 5.75 Å². The fourth-order valence-electron chi connectivity index (χ4n) is 2.05. The number of hydrogen-bond donors (Lipinski definition) is 0. The summed E-state index contributed by atoms with van der Waals surface area (Å²) in [5.74, 6) is 0.619. The predicted octanol–water partition coefficient (Wildman–Crippen LogP) is 2.87. The van der Waals surface area contributed by atoms with Crippen molar-refractivity contribution in [2.75, 3.05) is 14.2 Å². The van der Waals surface area contributed by atoms with E-state index in [1.165, 1.54) is 7.11 Å². The molecule has 0 fully saturated rings. The lowest BCUT2D eigenvalue weighted by molar-refractivity contribution is -0.139. The quantitative estimate of drug-likeness (QED) is 0.779. The van der Waals surface area contributed by atoms with Gasteiger partial charge >= 0.3 is 5.97 Å². The molecule has 2 rings (SSSR count). The van der Waals surface area contributed by atoms with Crippen LogP contribution in [0.1, 0.15) is 11.1 Å². The summed E-state index contributed by atoms with van der Waals surface area (Å²) in [7, 11) is 3.06. The van der Waals surface area contributed by atoms with Crippen LogP contribution in [0, 0.1) is 6.92 Å². The minimum Gasteiger partial charge on any atom is -0.497 e. The Bertz CT molecular complexity index is 588. The number of hydrogen-bond acceptors (Lipinski definition) is 3. The van der Waals surface area contributed by atoms with E-state index in [1.807, 2.05) is 37.3 Å². The van der Waals surface area contributed by atoms with Gasteiger partial charge in [0.25, 0.3) is 0 Å². The second-order valence-corrected chi connectivity index (χ2v) is 4.19. The maximum Gasteiger partial charge on any atom is 0.309 e. The molecule has 0 saturated heterocycles. The van der Waals surface area contributed by atoms with E-state index in [1.54, 1.807) is 7.11 Å². The SMILES string of the molecule is COC(=O)Cc1ccc2cc(OC)ccc2c1C. The van der Waals surface area contributed by atoms with Crippen molar-refractivity contribution in [2.45, 2.75) is 13.3 Å². The first kappa shape index (κ1) is 12.4. The number of carbonyl (C=O) groups is 1. The summed E-state index contributed by atoms with van der Waals surface area (Å²) in [6, 6.07) is 9.91. The molecular weight excluding hydrogens is 228 g/mol. The van der Waals surface area contributed by atoms with Crippen LogP contribution in [0.15, 0.2) is 30.3 Å². The first-order valence-corrected chi connectivity index (χ1v) is 5.78. The van der Waals surface area contributed by atoms with Gasteiger partial charge < -0.3 is 9.47 Å². The third-order valence-corrected chi connectivity index (χ3v) is 3.17. The summed E-state index contributed by atoms with van der Waals surface area (Å²) in [6.45, 7) is 2.02. The van der Waals surface area contributed by atoms with E-state index < -0.39 is 0 Å². The Kier molecular flexibility index (Phi) is 3.51. The van der Waals surface area contributed by atoms with Crippen molar-refractivity contribution in [3.05, 3.63) is 41.5 Å². The molecular formula is C15H16O3. The number of rotatable bonds is 3. The summed E-state index contributed by atoms with van der Waals surface area (Å²) < 4.78 is 9.90. The van der Waals surface area contributed by atoms with E-state index in [9.17, 15) is 4.79 Å². The number of carbonyl (C=O) groups excluding carboxylic acids is 1. The third kappa shape index (κ3) is 2.30. The first-order valence-electron chi connectivity index (χ1n) is 5.78. The molecule has 0 unspecified atom stereocenters. The second kappa shape index (κ2) is 5.08. The van der Waals surface area contributed by atoms with Crippen LogP contribution in [0.4, 0.5) is 0 Å². The predicted molar refractivity (Wildman–Crippen MR) is 71.0 cm³/mol. The van der Waals surface area contributed by atoms with E-state index in [-0.39, 0.29) is 5.97 Å². The summed E-state index contributed by atoms with van der Waals surface area (Å²) in [5, 5.41) is 2.25. The van der Waals surface area contributed by atoms with E-state index in [2.05, 4.69) is 0 Å². The van der Waals surface area contributed by atoms with Gasteiger partial charge in [0.2, 0.25) is 0 Å². The van der Waals surface area contributed by atoms with E-state index in [4.69, 9.17) is 9.47 Å². The lowest BCUT2D eigenvalue weighted by Crippen LogP contribution is -2.05. The van der Waals surface area contributed by atoms with Gasteiger partial charge in [-0.1, -0.05) is 18.2 Å². The van der Waals surface area contributed by atoms with Gasteiger partial charge in [0, 0.05) is 0 Å². The number of benzene rings is 2. The Morgan fingerprint density at radius 1 is 1.17 bits per heavy atom. The molecule has 0 aliphatic carbocycles. The van der Waals surface area contributed by atoms with E-state index in [0.717, 1.165) is 27.6 Å². The maximum absolute atomic E-state index is 11.3. The zero-order valence-corrected chi connectivity index (χ0v) is 10.8. The fourth-order valence-corrected chi connectivity index (χ4v) is 2.05. The average Bonchev–Trinajstić information content (AvgIpc) is 2.41. The highest BCUT2D eigenvalue weighted by Crippen LogP contribution is 2.26. The average molecular weight is 244 g/mol. The lowest BCUT2D eigenvalue weighted by atomic mass is 9.98. The van der Waals surface area contributed by atoms with Crippen molar-refractivity contribution in [3.63, 3.8) is 0 Å². The molecule has 0 amide bonds. The molecule has 18 heavy (non-hydrogen) atoms. The monoisotopic (exact) mass is 244 g/mol. The van der Waals surface area contributed by atoms with Crippen LogP contribution < -0.4 is 4.74 Å². The third-order valence-electron chi connectivity index (χ3n) is 3.17. The van der Waals surface area contributed by atoms with Crippen molar-refractivity contribution in [2.24, 2.45) is 0 Å². The summed E-state index contributed by atoms with van der Waals surface area (Å²) >= 11 is 0. The molecule has 3 nitrogen and oxygen atoms in total. The number of fused-ring (bicyclic) bond motifs is 1. The summed E-state index contributed by atoms with van der Waals surface area (Å²) in [5.41, 5.74) is 2.11. The Morgan fingerprint density at radius 3 is 2.61 bits per heavy atom. The van der Waals surface area contributed by atoms with Crippen LogP contribution in [0.3, 0.4) is 0 Å². The number of methoxy groups -OCH3 is 2. The molecule has 0 aromatic heterocycles. The summed E-state index contributed by atoms with van der Waals surface area (Å²) in [6.07, 6.45) is 0.310. The van der Waals surface area contributed by atoms with Crippen molar-refractivity contribution in [1.29, 1.82) is 0 Å². The van der Waals surface area contributed by atoms with E-state index in [0.29, 0.717) is 6.42 Å². The zero-order chi connectivity index (χ0) is 13.1. The van der Waals surface area contributed by atoms with Crippen LogP contribution in [-0.2, 0) is 16.0 Å². The maximum atomic E-state index is 11.3. The largest absolute Gasteiger partial charge is 0.497 e. The molecule has 0 aliphatic heterocycles. The molecule has 0 bridgehead atoms. The zero-order valence-electron chi connectivity index (χ0n) is 10.8. The fraction of sp³-hybridized carbons (Fsp3) is 0.267. The van der Waals surface area contributed by atoms with Gasteiger partial charge in [0.05, 0.1) is 20.6 Å². The van der Waals surface area contributed by atoms with Gasteiger partial charge in [-0.15, -0.1) is 0 Å². The number of ether oxygens (including phenoxy) is 2. The number of esters is 1. The minimum atomic E-state index is -0.217. The first-order chi connectivity index (χ1) is 8.65. The molecule has 0 saturated carbocycles. The van der Waals surface area contributed by atoms with Crippen LogP contribution in [0.2, 0.25) is 0 Å². The van der Waals surface area contributed by atoms with Gasteiger partial charge in [-0.3, -0.25) is 4.79 Å². The molecule has 3 heteroatoms. The van der Waals surface area contributed by atoms with Crippen molar-refractivity contribution in [3.8, 4) is 5.75 Å². The Hall–Kier alpha value is -2.03. The highest BCUT2D eigenvalue weighted by molar-refractivity contribution is 5.89. The standard InChI is InChI=1S/C15H16O3/c1-10-11(9-15(16)18-3)4-5-12-8-13(17-2)6-7-14(10)12/h4-8H,9H2,1-3H3. The Labute approximate surface area is 106 Å². The Morgan fingerprint density at radius 2 is 1.94 bits per heavy atom. The Balaban J connectivity index is 2.47. The van der Waals surface area contributed by atoms with Gasteiger partial charge in [0.1, 0.15) is 5.75 Å². The highest BCUT2D eigenvalue weighted by Gasteiger charge is 2.08. The number of aryl methyl sites for hydroxylation is 1. The van der Waals surface area contributed by atoms with Gasteiger partial charge in [-0.2, -0.15) is 0 Å². The van der Waals surface area contributed by atoms with E-state index >= 15 is 0 Å². The molecule has 0 atom stereocenters. The minimum absolute atomic E-state index is 0.217. The van der Waals surface area contributed by atoms with Gasteiger partial charge in [-0.25, -0.2) is 0 Å². The normalized spacial score (nSPS) is 10.4. The van der Waals surface area contributed by atoms with Crippen LogP contribution in [-0.4, -0.2) is 20.2 Å². The van der Waals surface area contributed by atoms with Crippen molar-refractivity contribution < 1.29 is 14.3 Å². The van der Waals surface area contributed by atoms with Gasteiger partial charge in [-0.05, 0) is 41.0 Å². The molecule has 0 N–H and O–H groups in total. The molecule has 2 aromatic carbocycles. The smallest absolute Gasteiger partial charge is 0.309 e. The topological polar surface area (TPSA) is 35.5 Å². The molecule has 94 valence electrons. The highest BCUT2D eigenvalue weighted by atomic mass is 16.5. The lowest BCUT2D eigenvalue weighted by Gasteiger charge is -2.09. The van der Waals surface area contributed by atoms with Crippen LogP contribution >= 0.6 is 0 Å². The molecule has 0 heterocycles. The van der Waals surface area contributed by atoms with Gasteiger partial charge in [0.15, 0.2) is 0 Å².